The van der Waals surface area contributed by atoms with Gasteiger partial charge in [-0.2, -0.15) is 13.2 Å². The van der Waals surface area contributed by atoms with Crippen LogP contribution in [0.2, 0.25) is 0 Å². The van der Waals surface area contributed by atoms with E-state index in [1.807, 2.05) is 10.0 Å². The first-order chi connectivity index (χ1) is 12.0. The summed E-state index contributed by atoms with van der Waals surface area (Å²) in [5.74, 6) is -2.67. The highest BCUT2D eigenvalue weighted by atomic mass is 32.2. The average Bonchev–Trinajstić information content (AvgIpc) is 2.53. The summed E-state index contributed by atoms with van der Waals surface area (Å²) in [6.07, 6.45) is -4.53. The topological polar surface area (TPSA) is 95.5 Å². The molecule has 0 amide bonds. The number of carboxylic acid groups (broad SMARTS) is 1. The molecule has 0 saturated heterocycles. The van der Waals surface area contributed by atoms with E-state index in [4.69, 9.17) is 5.11 Å². The largest absolute Gasteiger partial charge is 0.478 e. The third-order valence-electron chi connectivity index (χ3n) is 3.12. The van der Waals surface area contributed by atoms with Crippen LogP contribution in [0, 0.1) is 5.82 Å². The Labute approximate surface area is 145 Å². The number of sulfonamides is 1. The summed E-state index contributed by atoms with van der Waals surface area (Å²) in [5.41, 5.74) is -0.893. The number of anilines is 2. The van der Waals surface area contributed by atoms with Gasteiger partial charge >= 0.3 is 12.1 Å². The van der Waals surface area contributed by atoms with Crippen molar-refractivity contribution in [2.24, 2.45) is 0 Å². The number of alkyl halides is 3. The van der Waals surface area contributed by atoms with Gasteiger partial charge in [0.15, 0.2) is 0 Å². The van der Waals surface area contributed by atoms with Crippen molar-refractivity contribution in [2.45, 2.75) is 11.1 Å². The molecule has 2 aromatic rings. The van der Waals surface area contributed by atoms with Crippen molar-refractivity contribution < 1.29 is 35.9 Å². The zero-order valence-electron chi connectivity index (χ0n) is 12.8. The summed E-state index contributed by atoms with van der Waals surface area (Å²) in [7, 11) is -4.59. The van der Waals surface area contributed by atoms with Crippen molar-refractivity contribution in [3.05, 3.63) is 53.8 Å². The molecule has 140 valence electrons. The number of rotatable bonds is 6. The third kappa shape index (κ3) is 4.85. The molecule has 0 saturated carbocycles. The maximum atomic E-state index is 13.9. The zero-order chi connectivity index (χ0) is 19.5. The van der Waals surface area contributed by atoms with E-state index in [1.54, 1.807) is 0 Å². The zero-order valence-corrected chi connectivity index (χ0v) is 13.7. The normalized spacial score (nSPS) is 11.8. The summed E-state index contributed by atoms with van der Waals surface area (Å²) >= 11 is 0. The number of aromatic carboxylic acids is 1. The van der Waals surface area contributed by atoms with E-state index in [0.717, 1.165) is 6.07 Å². The number of hydrogen-bond acceptors (Lipinski definition) is 4. The number of nitrogens with one attached hydrogen (secondary N) is 2. The molecule has 0 bridgehead atoms. The fraction of sp³-hybridized carbons (Fsp3) is 0.133. The molecular formula is C15H12F4N2O4S. The molecule has 0 aliphatic heterocycles. The van der Waals surface area contributed by atoms with E-state index in [1.165, 1.54) is 24.3 Å². The first kappa shape index (κ1) is 19.5. The van der Waals surface area contributed by atoms with E-state index in [9.17, 15) is 30.8 Å². The smallest absolute Gasteiger partial charge is 0.405 e. The van der Waals surface area contributed by atoms with Gasteiger partial charge in [-0.25, -0.2) is 17.6 Å². The minimum atomic E-state index is -4.59. The van der Waals surface area contributed by atoms with Crippen LogP contribution in [-0.2, 0) is 10.0 Å². The Kier molecular flexibility index (Phi) is 5.40. The van der Waals surface area contributed by atoms with Gasteiger partial charge in [0.2, 0.25) is 0 Å². The molecule has 0 heterocycles. The summed E-state index contributed by atoms with van der Waals surface area (Å²) in [5, 5.41) is 10.9. The lowest BCUT2D eigenvalue weighted by Gasteiger charge is -2.15. The SMILES string of the molecule is O=C(O)c1ccc(F)c(S(=O)(=O)Nc2ccccc2NCC(F)(F)F)c1. The van der Waals surface area contributed by atoms with Crippen LogP contribution >= 0.6 is 0 Å². The predicted molar refractivity (Wildman–Crippen MR) is 85.2 cm³/mol. The van der Waals surface area contributed by atoms with Gasteiger partial charge in [-0.1, -0.05) is 12.1 Å². The van der Waals surface area contributed by atoms with E-state index >= 15 is 0 Å². The summed E-state index contributed by atoms with van der Waals surface area (Å²) < 4.78 is 77.6. The monoisotopic (exact) mass is 392 g/mol. The first-order valence-electron chi connectivity index (χ1n) is 6.95. The molecule has 3 N–H and O–H groups in total. The molecule has 0 aliphatic rings. The minimum Gasteiger partial charge on any atom is -0.478 e. The Morgan fingerprint density at radius 2 is 1.69 bits per heavy atom. The standard InChI is InChI=1S/C15H12F4N2O4S/c16-10-6-5-9(14(22)23)7-13(10)26(24,25)21-12-4-2-1-3-11(12)20-8-15(17,18)19/h1-7,20-21H,8H2,(H,22,23). The van der Waals surface area contributed by atoms with Gasteiger partial charge in [0, 0.05) is 0 Å². The highest BCUT2D eigenvalue weighted by molar-refractivity contribution is 7.92. The van der Waals surface area contributed by atoms with Gasteiger partial charge < -0.3 is 10.4 Å². The predicted octanol–water partition coefficient (Wildman–Crippen LogP) is 3.30. The van der Waals surface area contributed by atoms with Crippen LogP contribution in [-0.4, -0.2) is 32.2 Å². The van der Waals surface area contributed by atoms with Gasteiger partial charge in [0.05, 0.1) is 16.9 Å². The number of halogens is 4. The van der Waals surface area contributed by atoms with Crippen molar-refractivity contribution in [2.75, 3.05) is 16.6 Å². The van der Waals surface area contributed by atoms with Crippen LogP contribution in [0.1, 0.15) is 10.4 Å². The van der Waals surface area contributed by atoms with Crippen molar-refractivity contribution in [3.63, 3.8) is 0 Å². The lowest BCUT2D eigenvalue weighted by atomic mass is 10.2. The molecule has 26 heavy (non-hydrogen) atoms. The average molecular weight is 392 g/mol. The number of para-hydroxylation sites is 2. The molecule has 0 aromatic heterocycles. The molecule has 0 aliphatic carbocycles. The second-order valence-electron chi connectivity index (χ2n) is 5.07. The van der Waals surface area contributed by atoms with Gasteiger partial charge in [-0.3, -0.25) is 4.72 Å². The van der Waals surface area contributed by atoms with E-state index < -0.39 is 45.0 Å². The van der Waals surface area contributed by atoms with Gasteiger partial charge in [0.25, 0.3) is 10.0 Å². The third-order valence-corrected chi connectivity index (χ3v) is 4.50. The second-order valence-corrected chi connectivity index (χ2v) is 6.72. The Bertz CT molecular complexity index is 929. The number of hydrogen-bond donors (Lipinski definition) is 3. The van der Waals surface area contributed by atoms with Crippen LogP contribution < -0.4 is 10.0 Å². The van der Waals surface area contributed by atoms with E-state index in [2.05, 4.69) is 0 Å². The Balaban J connectivity index is 2.36. The molecule has 6 nitrogen and oxygen atoms in total. The fourth-order valence-corrected chi connectivity index (χ4v) is 3.15. The molecule has 0 fully saturated rings. The van der Waals surface area contributed by atoms with Crippen LogP contribution in [0.25, 0.3) is 0 Å². The number of carboxylic acids is 1. The quantitative estimate of drug-likeness (QED) is 0.656. The number of benzene rings is 2. The molecule has 2 aromatic carbocycles. The maximum Gasteiger partial charge on any atom is 0.405 e. The maximum absolute atomic E-state index is 13.9. The highest BCUT2D eigenvalue weighted by Gasteiger charge is 2.27. The molecule has 0 radical (unpaired) electrons. The van der Waals surface area contributed by atoms with Crippen molar-refractivity contribution >= 4 is 27.4 Å². The number of carbonyl (C=O) groups is 1. The summed E-state index contributed by atoms with van der Waals surface area (Å²) in [6, 6.07) is 7.29. The Hall–Kier alpha value is -2.82. The molecule has 11 heteroatoms. The molecule has 0 atom stereocenters. The highest BCUT2D eigenvalue weighted by Crippen LogP contribution is 2.27. The van der Waals surface area contributed by atoms with Gasteiger partial charge in [-0.05, 0) is 30.3 Å². The van der Waals surface area contributed by atoms with Crippen molar-refractivity contribution in [1.29, 1.82) is 0 Å². The van der Waals surface area contributed by atoms with Gasteiger partial charge in [0.1, 0.15) is 17.3 Å². The van der Waals surface area contributed by atoms with Crippen molar-refractivity contribution in [3.8, 4) is 0 Å². The second kappa shape index (κ2) is 7.20. The minimum absolute atomic E-state index is 0.178. The molecule has 2 rings (SSSR count). The van der Waals surface area contributed by atoms with Crippen LogP contribution in [0.4, 0.5) is 28.9 Å². The van der Waals surface area contributed by atoms with Crippen LogP contribution in [0.3, 0.4) is 0 Å². The summed E-state index contributed by atoms with van der Waals surface area (Å²) in [4.78, 5) is 9.99. The molecule has 0 unspecified atom stereocenters. The van der Waals surface area contributed by atoms with Crippen LogP contribution in [0.15, 0.2) is 47.4 Å². The van der Waals surface area contributed by atoms with E-state index in [0.29, 0.717) is 12.1 Å². The van der Waals surface area contributed by atoms with E-state index in [-0.39, 0.29) is 11.4 Å². The fourth-order valence-electron chi connectivity index (χ4n) is 1.96. The lowest BCUT2D eigenvalue weighted by Crippen LogP contribution is -2.22. The Morgan fingerprint density at radius 3 is 2.27 bits per heavy atom. The van der Waals surface area contributed by atoms with Gasteiger partial charge in [-0.15, -0.1) is 0 Å². The Morgan fingerprint density at radius 1 is 1.08 bits per heavy atom. The van der Waals surface area contributed by atoms with Crippen molar-refractivity contribution in [1.82, 2.24) is 0 Å². The summed E-state index contributed by atoms with van der Waals surface area (Å²) in [6.45, 7) is -1.41. The molecule has 0 spiro atoms. The lowest BCUT2D eigenvalue weighted by molar-refractivity contribution is -0.115. The van der Waals surface area contributed by atoms with Crippen LogP contribution in [0.5, 0.6) is 0 Å². The first-order valence-corrected chi connectivity index (χ1v) is 8.43. The molecular weight excluding hydrogens is 380 g/mol.